The van der Waals surface area contributed by atoms with Crippen LogP contribution >= 0.6 is 0 Å². The van der Waals surface area contributed by atoms with Gasteiger partial charge in [-0.25, -0.2) is 4.68 Å². The predicted octanol–water partition coefficient (Wildman–Crippen LogP) is 2.27. The molecule has 2 aromatic carbocycles. The van der Waals surface area contributed by atoms with Crippen molar-refractivity contribution in [3.05, 3.63) is 75.7 Å². The molecule has 33 heavy (non-hydrogen) atoms. The number of aromatic amines is 1. The van der Waals surface area contributed by atoms with Crippen LogP contribution in [-0.4, -0.2) is 34.0 Å². The van der Waals surface area contributed by atoms with Crippen molar-refractivity contribution < 1.29 is 27.9 Å². The third kappa shape index (κ3) is 5.56. The van der Waals surface area contributed by atoms with Crippen molar-refractivity contribution in [3.63, 3.8) is 0 Å². The molecule has 0 unspecified atom stereocenters. The molecule has 0 spiro atoms. The molecular weight excluding hydrogens is 441 g/mol. The molecule has 0 saturated carbocycles. The van der Waals surface area contributed by atoms with Gasteiger partial charge < -0.3 is 15.2 Å². The zero-order valence-corrected chi connectivity index (χ0v) is 17.3. The number of nitrogens with one attached hydrogen (secondary N) is 2. The molecule has 0 aliphatic heterocycles. The summed E-state index contributed by atoms with van der Waals surface area (Å²) in [6.45, 7) is 1.94. The van der Waals surface area contributed by atoms with Crippen molar-refractivity contribution in [1.29, 1.82) is 0 Å². The molecule has 1 aromatic heterocycles. The topological polar surface area (TPSA) is 119 Å². The Labute approximate surface area is 185 Å². The van der Waals surface area contributed by atoms with E-state index in [-0.39, 0.29) is 22.6 Å². The van der Waals surface area contributed by atoms with Gasteiger partial charge in [0.05, 0.1) is 22.6 Å². The molecule has 8 nitrogen and oxygen atoms in total. The molecule has 172 valence electrons. The maximum atomic E-state index is 13.0. The highest BCUT2D eigenvalue weighted by molar-refractivity contribution is 5.95. The molecule has 0 aliphatic rings. The highest BCUT2D eigenvalue weighted by atomic mass is 19.4. The van der Waals surface area contributed by atoms with Crippen LogP contribution in [0.1, 0.15) is 23.7 Å². The molecule has 11 heteroatoms. The Bertz CT molecular complexity index is 1260. The standard InChI is InChI=1S/C22H19F3N4O4/c1-2-13-5-3-4-6-17(13)26-12-16-18(11-19(30)31)28-29(20(16)32)15-9-7-14(8-10-15)27-21(33)22(23,24)25/h3-10,12,28H,2,11H2,1H3,(H,27,33)(H,30,31)/p-1. The minimum atomic E-state index is -5.04. The lowest BCUT2D eigenvalue weighted by atomic mass is 10.1. The van der Waals surface area contributed by atoms with Crippen molar-refractivity contribution in [2.24, 2.45) is 4.99 Å². The van der Waals surface area contributed by atoms with Gasteiger partial charge in [-0.15, -0.1) is 0 Å². The van der Waals surface area contributed by atoms with Crippen molar-refractivity contribution in [3.8, 4) is 5.69 Å². The van der Waals surface area contributed by atoms with Crippen molar-refractivity contribution in [1.82, 2.24) is 9.78 Å². The number of aromatic nitrogens is 2. The van der Waals surface area contributed by atoms with Crippen LogP contribution in [0.2, 0.25) is 0 Å². The van der Waals surface area contributed by atoms with Crippen molar-refractivity contribution in [2.45, 2.75) is 25.9 Å². The number of para-hydroxylation sites is 1. The number of amides is 1. The van der Waals surface area contributed by atoms with Gasteiger partial charge in [-0.3, -0.25) is 19.7 Å². The van der Waals surface area contributed by atoms with Gasteiger partial charge in [-0.05, 0) is 42.3 Å². The lowest BCUT2D eigenvalue weighted by Gasteiger charge is -2.08. The smallest absolute Gasteiger partial charge is 0.471 e. The number of benzene rings is 2. The maximum absolute atomic E-state index is 13.0. The average molecular weight is 459 g/mol. The lowest BCUT2D eigenvalue weighted by molar-refractivity contribution is -0.304. The second-order valence-corrected chi connectivity index (χ2v) is 6.93. The molecule has 1 heterocycles. The summed E-state index contributed by atoms with van der Waals surface area (Å²) in [6, 6.07) is 12.2. The van der Waals surface area contributed by atoms with Gasteiger partial charge in [-0.2, -0.15) is 13.2 Å². The Hall–Kier alpha value is -4.15. The van der Waals surface area contributed by atoms with Crippen LogP contribution in [-0.2, 0) is 22.4 Å². The minimum absolute atomic E-state index is 0.000410. The first-order chi connectivity index (χ1) is 15.6. The van der Waals surface area contributed by atoms with Crippen LogP contribution in [0, 0.1) is 0 Å². The van der Waals surface area contributed by atoms with Crippen molar-refractivity contribution >= 4 is 29.5 Å². The Balaban J connectivity index is 1.96. The number of rotatable bonds is 7. The fraction of sp³-hybridized carbons (Fsp3) is 0.182. The zero-order valence-electron chi connectivity index (χ0n) is 17.3. The van der Waals surface area contributed by atoms with E-state index in [9.17, 15) is 32.7 Å². The number of carboxylic acid groups (broad SMARTS) is 1. The molecule has 0 fully saturated rings. The minimum Gasteiger partial charge on any atom is -0.550 e. The molecule has 0 aliphatic carbocycles. The molecule has 0 atom stereocenters. The van der Waals surface area contributed by atoms with Crippen LogP contribution < -0.4 is 16.0 Å². The van der Waals surface area contributed by atoms with E-state index >= 15 is 0 Å². The van der Waals surface area contributed by atoms with E-state index in [1.807, 2.05) is 19.1 Å². The lowest BCUT2D eigenvalue weighted by Crippen LogP contribution is -2.29. The van der Waals surface area contributed by atoms with Crippen LogP contribution in [0.15, 0.2) is 58.3 Å². The average Bonchev–Trinajstić information content (AvgIpc) is 3.06. The monoisotopic (exact) mass is 459 g/mol. The number of aliphatic imine (C=N–C) groups is 1. The highest BCUT2D eigenvalue weighted by Gasteiger charge is 2.38. The van der Waals surface area contributed by atoms with E-state index < -0.39 is 30.0 Å². The van der Waals surface area contributed by atoms with Crippen LogP contribution in [0.3, 0.4) is 0 Å². The zero-order chi connectivity index (χ0) is 24.2. The summed E-state index contributed by atoms with van der Waals surface area (Å²) in [5.41, 5.74) is 1.06. The number of hydrogen-bond donors (Lipinski definition) is 2. The summed E-state index contributed by atoms with van der Waals surface area (Å²) in [5.74, 6) is -3.55. The highest BCUT2D eigenvalue weighted by Crippen LogP contribution is 2.20. The Kier molecular flexibility index (Phi) is 6.80. The quantitative estimate of drug-likeness (QED) is 0.527. The third-order valence-electron chi connectivity index (χ3n) is 4.67. The van der Waals surface area contributed by atoms with Gasteiger partial charge >= 0.3 is 12.1 Å². The number of hydrogen-bond acceptors (Lipinski definition) is 5. The SMILES string of the molecule is CCc1ccccc1N=Cc1c(CC(=O)[O-])[nH]n(-c2ccc(NC(=O)C(F)(F)F)cc2)c1=O. The number of aliphatic carboxylic acids is 1. The van der Waals surface area contributed by atoms with E-state index in [2.05, 4.69) is 10.1 Å². The first kappa shape index (κ1) is 23.5. The van der Waals surface area contributed by atoms with E-state index in [1.54, 1.807) is 17.4 Å². The summed E-state index contributed by atoms with van der Waals surface area (Å²) in [5, 5.41) is 15.5. The molecule has 1 amide bonds. The van der Waals surface area contributed by atoms with Gasteiger partial charge in [0.1, 0.15) is 0 Å². The van der Waals surface area contributed by atoms with Crippen LogP contribution in [0.25, 0.3) is 5.69 Å². The summed E-state index contributed by atoms with van der Waals surface area (Å²) < 4.78 is 38.2. The summed E-state index contributed by atoms with van der Waals surface area (Å²) in [4.78, 5) is 39.5. The number of nitrogens with zero attached hydrogens (tertiary/aromatic N) is 2. The molecular formula is C22H18F3N4O4-. The van der Waals surface area contributed by atoms with E-state index in [0.717, 1.165) is 10.2 Å². The summed E-state index contributed by atoms with van der Waals surface area (Å²) in [7, 11) is 0. The second kappa shape index (κ2) is 9.55. The molecule has 3 aromatic rings. The number of alkyl halides is 3. The number of anilines is 1. The predicted molar refractivity (Wildman–Crippen MR) is 113 cm³/mol. The van der Waals surface area contributed by atoms with E-state index in [0.29, 0.717) is 12.1 Å². The normalized spacial score (nSPS) is 11.6. The molecule has 0 bridgehead atoms. The maximum Gasteiger partial charge on any atom is 0.471 e. The first-order valence-electron chi connectivity index (χ1n) is 9.74. The van der Waals surface area contributed by atoms with Gasteiger partial charge in [0.15, 0.2) is 0 Å². The van der Waals surface area contributed by atoms with Gasteiger partial charge in [-0.1, -0.05) is 25.1 Å². The van der Waals surface area contributed by atoms with Gasteiger partial charge in [0, 0.05) is 24.3 Å². The second-order valence-electron chi connectivity index (χ2n) is 6.93. The van der Waals surface area contributed by atoms with Crippen molar-refractivity contribution in [2.75, 3.05) is 5.32 Å². The Morgan fingerprint density at radius 2 is 1.82 bits per heavy atom. The van der Waals surface area contributed by atoms with Gasteiger partial charge in [0.25, 0.3) is 5.56 Å². The fourth-order valence-electron chi connectivity index (χ4n) is 3.06. The number of carbonyl (C=O) groups excluding carboxylic acids is 2. The molecule has 3 rings (SSSR count). The molecule has 2 N–H and O–H groups in total. The fourth-order valence-corrected chi connectivity index (χ4v) is 3.06. The Morgan fingerprint density at radius 3 is 2.42 bits per heavy atom. The van der Waals surface area contributed by atoms with E-state index in [4.69, 9.17) is 0 Å². The largest absolute Gasteiger partial charge is 0.550 e. The van der Waals surface area contributed by atoms with Crippen LogP contribution in [0.5, 0.6) is 0 Å². The van der Waals surface area contributed by atoms with E-state index in [1.165, 1.54) is 30.5 Å². The Morgan fingerprint density at radius 1 is 1.15 bits per heavy atom. The number of carbonyl (C=O) groups is 2. The number of halogens is 3. The molecule has 0 saturated heterocycles. The summed E-state index contributed by atoms with van der Waals surface area (Å²) >= 11 is 0. The third-order valence-corrected chi connectivity index (χ3v) is 4.67. The first-order valence-corrected chi connectivity index (χ1v) is 9.74. The number of aryl methyl sites for hydroxylation is 1. The summed E-state index contributed by atoms with van der Waals surface area (Å²) in [6.07, 6.45) is -3.66. The number of carboxylic acids is 1. The van der Waals surface area contributed by atoms with Gasteiger partial charge in [0.2, 0.25) is 0 Å². The van der Waals surface area contributed by atoms with Crippen LogP contribution in [0.4, 0.5) is 24.5 Å². The number of H-pyrrole nitrogens is 1. The molecule has 0 radical (unpaired) electrons.